The minimum atomic E-state index is -0.0138. The lowest BCUT2D eigenvalue weighted by Gasteiger charge is -2.32. The highest BCUT2D eigenvalue weighted by Crippen LogP contribution is 2.31. The normalized spacial score (nSPS) is 17.6. The molecular weight excluding hydrogens is 314 g/mol. The van der Waals surface area contributed by atoms with Crippen LogP contribution in [0.4, 0.5) is 0 Å². The van der Waals surface area contributed by atoms with Gasteiger partial charge in [0.25, 0.3) is 0 Å². The molecule has 0 unspecified atom stereocenters. The molecule has 0 amide bonds. The van der Waals surface area contributed by atoms with Gasteiger partial charge in [-0.25, -0.2) is 0 Å². The van der Waals surface area contributed by atoms with Gasteiger partial charge >= 0.3 is 0 Å². The topological polar surface area (TPSA) is 50.8 Å². The van der Waals surface area contributed by atoms with Gasteiger partial charge in [0.05, 0.1) is 18.1 Å². The number of benzene rings is 1. The highest BCUT2D eigenvalue weighted by molar-refractivity contribution is 8.00. The van der Waals surface area contributed by atoms with E-state index in [-0.39, 0.29) is 5.92 Å². The van der Waals surface area contributed by atoms with Gasteiger partial charge < -0.3 is 4.90 Å². The van der Waals surface area contributed by atoms with Crippen molar-refractivity contribution in [2.75, 3.05) is 19.6 Å². The van der Waals surface area contributed by atoms with E-state index in [1.54, 1.807) is 0 Å². The second-order valence-corrected chi connectivity index (χ2v) is 7.40. The molecule has 0 N–H and O–H groups in total. The van der Waals surface area contributed by atoms with Crippen molar-refractivity contribution in [3.05, 3.63) is 29.3 Å². The molecule has 1 aromatic carbocycles. The third kappa shape index (κ3) is 5.54. The molecule has 3 nitrogen and oxygen atoms in total. The molecule has 0 spiro atoms. The zero-order valence-corrected chi connectivity index (χ0v) is 14.1. The van der Waals surface area contributed by atoms with Crippen LogP contribution in [0.25, 0.3) is 0 Å². The van der Waals surface area contributed by atoms with Crippen molar-refractivity contribution in [2.24, 2.45) is 5.92 Å². The molecule has 22 heavy (non-hydrogen) atoms. The summed E-state index contributed by atoms with van der Waals surface area (Å²) in [5.41, 5.74) is 0. The monoisotopic (exact) mass is 333 g/mol. The molecule has 1 atom stereocenters. The lowest BCUT2D eigenvalue weighted by atomic mass is 10.0. The number of thioether (sulfide) groups is 1. The molecule has 1 aliphatic rings. The molecule has 1 aliphatic heterocycles. The fourth-order valence-electron chi connectivity index (χ4n) is 2.66. The van der Waals surface area contributed by atoms with E-state index in [0.717, 1.165) is 37.5 Å². The fraction of sp³-hybridized carbons (Fsp3) is 0.529. The van der Waals surface area contributed by atoms with Crippen LogP contribution in [-0.4, -0.2) is 29.8 Å². The van der Waals surface area contributed by atoms with Gasteiger partial charge in [0, 0.05) is 28.1 Å². The first-order valence-electron chi connectivity index (χ1n) is 7.62. The smallest absolute Gasteiger partial charge is 0.0669 e. The van der Waals surface area contributed by atoms with E-state index < -0.39 is 0 Å². The summed E-state index contributed by atoms with van der Waals surface area (Å²) in [6.07, 6.45) is 3.45. The summed E-state index contributed by atoms with van der Waals surface area (Å²) in [6.45, 7) is 2.88. The van der Waals surface area contributed by atoms with Crippen LogP contribution < -0.4 is 0 Å². The zero-order valence-electron chi connectivity index (χ0n) is 12.5. The van der Waals surface area contributed by atoms with Crippen molar-refractivity contribution in [2.45, 2.75) is 35.8 Å². The van der Waals surface area contributed by atoms with Gasteiger partial charge in [-0.3, -0.25) is 0 Å². The highest BCUT2D eigenvalue weighted by Gasteiger charge is 2.22. The first-order chi connectivity index (χ1) is 10.7. The first kappa shape index (κ1) is 17.2. The molecule has 1 heterocycles. The Labute approximate surface area is 141 Å². The van der Waals surface area contributed by atoms with Crippen LogP contribution in [0.5, 0.6) is 0 Å². The largest absolute Gasteiger partial charge is 0.302 e. The van der Waals surface area contributed by atoms with Gasteiger partial charge in [0.15, 0.2) is 0 Å². The lowest BCUT2D eigenvalue weighted by Crippen LogP contribution is -2.37. The Hall–Kier alpha value is -1.20. The van der Waals surface area contributed by atoms with E-state index >= 15 is 0 Å². The van der Waals surface area contributed by atoms with Crippen molar-refractivity contribution in [3.63, 3.8) is 0 Å². The Morgan fingerprint density at radius 2 is 1.91 bits per heavy atom. The number of nitriles is 2. The standard InChI is InChI=1S/C17H20ClN3S/c18-15-3-5-16(6-4-15)22-17-7-10-21(11-8-17)13-14(12-20)2-1-9-19/h3-6,14,17H,1-2,7-8,10-11,13H2/t14-/m0/s1. The summed E-state index contributed by atoms with van der Waals surface area (Å²) in [5.74, 6) is -0.0138. The predicted octanol–water partition coefficient (Wildman–Crippen LogP) is 4.34. The number of piperidine rings is 1. The summed E-state index contributed by atoms with van der Waals surface area (Å²) in [4.78, 5) is 3.64. The van der Waals surface area contributed by atoms with Crippen LogP contribution >= 0.6 is 23.4 Å². The quantitative estimate of drug-likeness (QED) is 0.777. The molecule has 0 saturated carbocycles. The van der Waals surface area contributed by atoms with Crippen LogP contribution in [-0.2, 0) is 0 Å². The summed E-state index contributed by atoms with van der Waals surface area (Å²) in [7, 11) is 0. The Bertz CT molecular complexity index is 539. The Morgan fingerprint density at radius 1 is 1.23 bits per heavy atom. The SMILES string of the molecule is N#CCC[C@@H](C#N)CN1CCC(Sc2ccc(Cl)cc2)CC1. The Balaban J connectivity index is 1.74. The van der Waals surface area contributed by atoms with Crippen molar-refractivity contribution < 1.29 is 0 Å². The van der Waals surface area contributed by atoms with Crippen LogP contribution in [0.15, 0.2) is 29.2 Å². The fourth-order valence-corrected chi connectivity index (χ4v) is 3.91. The first-order valence-corrected chi connectivity index (χ1v) is 8.88. The van der Waals surface area contributed by atoms with Gasteiger partial charge in [-0.2, -0.15) is 10.5 Å². The van der Waals surface area contributed by atoms with E-state index in [2.05, 4.69) is 29.2 Å². The van der Waals surface area contributed by atoms with Crippen molar-refractivity contribution in [1.82, 2.24) is 4.90 Å². The molecule has 2 rings (SSSR count). The molecule has 1 saturated heterocycles. The van der Waals surface area contributed by atoms with Crippen molar-refractivity contribution in [3.8, 4) is 12.1 Å². The van der Waals surface area contributed by atoms with E-state index in [4.69, 9.17) is 22.1 Å². The number of rotatable bonds is 6. The summed E-state index contributed by atoms with van der Waals surface area (Å²) in [5, 5.41) is 19.2. The molecule has 1 fully saturated rings. The summed E-state index contributed by atoms with van der Waals surface area (Å²) in [6, 6.07) is 12.5. The predicted molar refractivity (Wildman–Crippen MR) is 90.7 cm³/mol. The number of nitrogens with zero attached hydrogens (tertiary/aromatic N) is 3. The van der Waals surface area contributed by atoms with Gasteiger partial charge in [-0.1, -0.05) is 11.6 Å². The van der Waals surface area contributed by atoms with Crippen LogP contribution in [0.2, 0.25) is 5.02 Å². The third-order valence-electron chi connectivity index (χ3n) is 3.92. The summed E-state index contributed by atoms with van der Waals surface area (Å²) < 4.78 is 0. The zero-order chi connectivity index (χ0) is 15.8. The molecule has 0 aliphatic carbocycles. The van der Waals surface area contributed by atoms with E-state index in [1.807, 2.05) is 23.9 Å². The second kappa shape index (κ2) is 9.06. The summed E-state index contributed by atoms with van der Waals surface area (Å²) >= 11 is 7.83. The number of halogens is 1. The van der Waals surface area contributed by atoms with Gasteiger partial charge in [-0.05, 0) is 56.6 Å². The lowest BCUT2D eigenvalue weighted by molar-refractivity contribution is 0.211. The molecular formula is C17H20ClN3S. The maximum Gasteiger partial charge on any atom is 0.0669 e. The Kier molecular flexibility index (Phi) is 7.06. The maximum absolute atomic E-state index is 9.15. The van der Waals surface area contributed by atoms with Crippen LogP contribution in [0, 0.1) is 28.6 Å². The minimum absolute atomic E-state index is 0.0138. The van der Waals surface area contributed by atoms with Gasteiger partial charge in [0.2, 0.25) is 0 Å². The van der Waals surface area contributed by atoms with Crippen molar-refractivity contribution >= 4 is 23.4 Å². The second-order valence-electron chi connectivity index (χ2n) is 5.59. The molecule has 5 heteroatoms. The number of hydrogen-bond donors (Lipinski definition) is 0. The van der Waals surface area contributed by atoms with Crippen LogP contribution in [0.3, 0.4) is 0 Å². The van der Waals surface area contributed by atoms with Gasteiger partial charge in [0.1, 0.15) is 0 Å². The Morgan fingerprint density at radius 3 is 2.50 bits per heavy atom. The average Bonchev–Trinajstić information content (AvgIpc) is 2.55. The average molecular weight is 334 g/mol. The van der Waals surface area contributed by atoms with Crippen molar-refractivity contribution in [1.29, 1.82) is 10.5 Å². The molecule has 1 aromatic rings. The van der Waals surface area contributed by atoms with E-state index in [1.165, 1.54) is 4.90 Å². The minimum Gasteiger partial charge on any atom is -0.302 e. The highest BCUT2D eigenvalue weighted by atomic mass is 35.5. The van der Waals surface area contributed by atoms with Crippen LogP contribution in [0.1, 0.15) is 25.7 Å². The van der Waals surface area contributed by atoms with E-state index in [9.17, 15) is 0 Å². The molecule has 0 bridgehead atoms. The van der Waals surface area contributed by atoms with E-state index in [0.29, 0.717) is 18.1 Å². The third-order valence-corrected chi connectivity index (χ3v) is 5.52. The molecule has 116 valence electrons. The number of hydrogen-bond acceptors (Lipinski definition) is 4. The van der Waals surface area contributed by atoms with Gasteiger partial charge in [-0.15, -0.1) is 11.8 Å². The maximum atomic E-state index is 9.15. The number of likely N-dealkylation sites (tertiary alicyclic amines) is 1. The molecule has 0 radical (unpaired) electrons. The molecule has 0 aromatic heterocycles.